The Morgan fingerprint density at radius 1 is 1.41 bits per heavy atom. The molecule has 0 aliphatic heterocycles. The molecule has 0 unspecified atom stereocenters. The number of hydrogen-bond acceptors (Lipinski definition) is 6. The van der Waals surface area contributed by atoms with Gasteiger partial charge in [-0.3, -0.25) is 4.79 Å². The summed E-state index contributed by atoms with van der Waals surface area (Å²) in [5, 5.41) is 11.6. The lowest BCUT2D eigenvalue weighted by Gasteiger charge is -2.07. The second kappa shape index (κ2) is 6.44. The summed E-state index contributed by atoms with van der Waals surface area (Å²) in [5.41, 5.74) is 0.597. The molecule has 1 aliphatic carbocycles. The van der Waals surface area contributed by atoms with Crippen LogP contribution in [0.15, 0.2) is 15.7 Å². The molecule has 2 aromatic heterocycles. The van der Waals surface area contributed by atoms with E-state index in [-0.39, 0.29) is 11.7 Å². The van der Waals surface area contributed by atoms with Crippen molar-refractivity contribution in [3.05, 3.63) is 27.7 Å². The maximum Gasteiger partial charge on any atom is 0.277 e. The van der Waals surface area contributed by atoms with Crippen molar-refractivity contribution < 1.29 is 9.21 Å². The molecule has 0 saturated heterocycles. The van der Waals surface area contributed by atoms with Gasteiger partial charge in [-0.15, -0.1) is 10.2 Å². The molecule has 3 rings (SSSR count). The Morgan fingerprint density at radius 3 is 2.91 bits per heavy atom. The van der Waals surface area contributed by atoms with E-state index in [2.05, 4.69) is 20.5 Å². The van der Waals surface area contributed by atoms with Gasteiger partial charge in [-0.05, 0) is 25.8 Å². The van der Waals surface area contributed by atoms with Gasteiger partial charge >= 0.3 is 0 Å². The van der Waals surface area contributed by atoms with Crippen molar-refractivity contribution >= 4 is 46.7 Å². The van der Waals surface area contributed by atoms with Gasteiger partial charge in [-0.2, -0.15) is 0 Å². The van der Waals surface area contributed by atoms with Crippen LogP contribution in [0.4, 0.5) is 5.82 Å². The van der Waals surface area contributed by atoms with E-state index < -0.39 is 0 Å². The van der Waals surface area contributed by atoms with E-state index in [9.17, 15) is 4.79 Å². The summed E-state index contributed by atoms with van der Waals surface area (Å²) in [6.07, 6.45) is 2.18. The maximum absolute atomic E-state index is 11.9. The summed E-state index contributed by atoms with van der Waals surface area (Å²) in [7, 11) is 0. The van der Waals surface area contributed by atoms with Crippen molar-refractivity contribution in [1.82, 2.24) is 15.2 Å². The molecule has 0 bridgehead atoms. The number of amides is 1. The number of nitrogens with one attached hydrogen (secondary N) is 1. The van der Waals surface area contributed by atoms with Crippen LogP contribution in [0.3, 0.4) is 0 Å². The topological polar surface area (TPSA) is 80.9 Å². The summed E-state index contributed by atoms with van der Waals surface area (Å²) in [6, 6.07) is 1.55. The van der Waals surface area contributed by atoms with E-state index in [1.807, 2.05) is 0 Å². The van der Waals surface area contributed by atoms with Crippen molar-refractivity contribution in [2.24, 2.45) is 0 Å². The lowest BCUT2D eigenvalue weighted by molar-refractivity contribution is -0.113. The van der Waals surface area contributed by atoms with Crippen LogP contribution in [0, 0.1) is 6.92 Å². The van der Waals surface area contributed by atoms with Crippen molar-refractivity contribution in [2.75, 3.05) is 11.1 Å². The quantitative estimate of drug-likeness (QED) is 0.820. The van der Waals surface area contributed by atoms with Gasteiger partial charge in [-0.25, -0.2) is 4.98 Å². The van der Waals surface area contributed by atoms with E-state index in [1.54, 1.807) is 13.0 Å². The minimum atomic E-state index is -0.257. The highest BCUT2D eigenvalue weighted by atomic mass is 35.5. The molecule has 0 spiro atoms. The smallest absolute Gasteiger partial charge is 0.277 e. The fourth-order valence-corrected chi connectivity index (χ4v) is 2.69. The molecule has 0 aromatic carbocycles. The number of hydrogen-bond donors (Lipinski definition) is 1. The molecule has 2 aromatic rings. The number of halogens is 2. The fourth-order valence-electron chi connectivity index (χ4n) is 1.72. The predicted octanol–water partition coefficient (Wildman–Crippen LogP) is 3.69. The van der Waals surface area contributed by atoms with Crippen LogP contribution in [0.5, 0.6) is 0 Å². The minimum Gasteiger partial charge on any atom is -0.416 e. The van der Waals surface area contributed by atoms with Crippen LogP contribution < -0.4 is 5.32 Å². The average molecular weight is 359 g/mol. The molecule has 1 amide bonds. The Labute approximate surface area is 141 Å². The van der Waals surface area contributed by atoms with Crippen LogP contribution in [0.2, 0.25) is 10.0 Å². The summed E-state index contributed by atoms with van der Waals surface area (Å²) in [6.45, 7) is 1.74. The molecule has 1 saturated carbocycles. The number of carbonyl (C=O) groups excluding carboxylic acids is 1. The molecular weight excluding hydrogens is 347 g/mol. The number of rotatable bonds is 5. The maximum atomic E-state index is 11.9. The van der Waals surface area contributed by atoms with Crippen LogP contribution in [0.25, 0.3) is 0 Å². The van der Waals surface area contributed by atoms with Gasteiger partial charge in [0.15, 0.2) is 5.82 Å². The molecule has 1 N–H and O–H groups in total. The largest absolute Gasteiger partial charge is 0.416 e. The minimum absolute atomic E-state index is 0.131. The molecular formula is C13H12Cl2N4O2S. The third-order valence-electron chi connectivity index (χ3n) is 3.04. The Morgan fingerprint density at radius 2 is 2.18 bits per heavy atom. The zero-order valence-corrected chi connectivity index (χ0v) is 13.9. The van der Waals surface area contributed by atoms with Gasteiger partial charge in [0, 0.05) is 5.92 Å². The Hall–Kier alpha value is -1.31. The number of carbonyl (C=O) groups is 1. The van der Waals surface area contributed by atoms with Crippen LogP contribution in [0.1, 0.15) is 30.3 Å². The number of thioether (sulfide) groups is 1. The van der Waals surface area contributed by atoms with Gasteiger partial charge in [-0.1, -0.05) is 35.0 Å². The number of pyridine rings is 1. The Kier molecular flexibility index (Phi) is 4.56. The molecule has 22 heavy (non-hydrogen) atoms. The lowest BCUT2D eigenvalue weighted by atomic mass is 10.3. The highest BCUT2D eigenvalue weighted by Crippen LogP contribution is 2.39. The third kappa shape index (κ3) is 3.71. The highest BCUT2D eigenvalue weighted by molar-refractivity contribution is 7.99. The molecule has 0 radical (unpaired) electrons. The van der Waals surface area contributed by atoms with Gasteiger partial charge in [0.05, 0.1) is 21.5 Å². The normalized spacial score (nSPS) is 14.1. The first-order valence-electron chi connectivity index (χ1n) is 6.61. The van der Waals surface area contributed by atoms with Gasteiger partial charge in [0.2, 0.25) is 11.8 Å². The van der Waals surface area contributed by atoms with E-state index in [0.29, 0.717) is 38.6 Å². The van der Waals surface area contributed by atoms with Crippen molar-refractivity contribution in [1.29, 1.82) is 0 Å². The first kappa shape index (κ1) is 15.6. The summed E-state index contributed by atoms with van der Waals surface area (Å²) >= 11 is 13.1. The van der Waals surface area contributed by atoms with E-state index in [1.165, 1.54) is 11.8 Å². The second-order valence-electron chi connectivity index (χ2n) is 4.90. The fraction of sp³-hybridized carbons (Fsp3) is 0.385. The Balaban J connectivity index is 1.56. The summed E-state index contributed by atoms with van der Waals surface area (Å²) < 4.78 is 5.47. The number of aromatic nitrogens is 3. The summed E-state index contributed by atoms with van der Waals surface area (Å²) in [4.78, 5) is 16.1. The average Bonchev–Trinajstić information content (AvgIpc) is 3.22. The molecule has 2 heterocycles. The highest BCUT2D eigenvalue weighted by Gasteiger charge is 2.29. The number of nitrogens with zero attached hydrogens (tertiary/aromatic N) is 3. The number of anilines is 1. The first-order valence-corrected chi connectivity index (χ1v) is 8.36. The lowest BCUT2D eigenvalue weighted by Crippen LogP contribution is -2.15. The van der Waals surface area contributed by atoms with Crippen molar-refractivity contribution in [3.63, 3.8) is 0 Å². The van der Waals surface area contributed by atoms with Crippen LogP contribution in [-0.2, 0) is 4.79 Å². The SMILES string of the molecule is Cc1nc(NC(=O)CSc2nnc(C3CC3)o2)c(Cl)cc1Cl. The van der Waals surface area contributed by atoms with E-state index in [0.717, 1.165) is 12.8 Å². The molecule has 116 valence electrons. The predicted molar refractivity (Wildman–Crippen MR) is 84.6 cm³/mol. The zero-order valence-electron chi connectivity index (χ0n) is 11.6. The van der Waals surface area contributed by atoms with Crippen molar-refractivity contribution in [2.45, 2.75) is 30.9 Å². The van der Waals surface area contributed by atoms with Gasteiger partial charge < -0.3 is 9.73 Å². The van der Waals surface area contributed by atoms with Crippen molar-refractivity contribution in [3.8, 4) is 0 Å². The van der Waals surface area contributed by atoms with Crippen LogP contribution >= 0.6 is 35.0 Å². The molecule has 1 aliphatic rings. The first-order chi connectivity index (χ1) is 10.5. The van der Waals surface area contributed by atoms with Crippen LogP contribution in [-0.4, -0.2) is 26.8 Å². The van der Waals surface area contributed by atoms with E-state index >= 15 is 0 Å². The Bertz CT molecular complexity index is 718. The monoisotopic (exact) mass is 358 g/mol. The molecule has 1 fully saturated rings. The third-order valence-corrected chi connectivity index (χ3v) is 4.53. The number of aryl methyl sites for hydroxylation is 1. The summed E-state index contributed by atoms with van der Waals surface area (Å²) in [5.74, 6) is 1.22. The molecule has 0 atom stereocenters. The molecule has 9 heteroatoms. The standard InChI is InChI=1S/C13H12Cl2N4O2S/c1-6-8(14)4-9(15)11(16-6)17-10(20)5-22-13-19-18-12(21-13)7-2-3-7/h4,7H,2-3,5H2,1H3,(H,16,17,20). The van der Waals surface area contributed by atoms with Gasteiger partial charge in [0.25, 0.3) is 5.22 Å². The molecule has 6 nitrogen and oxygen atoms in total. The second-order valence-corrected chi connectivity index (χ2v) is 6.64. The van der Waals surface area contributed by atoms with E-state index in [4.69, 9.17) is 27.6 Å². The zero-order chi connectivity index (χ0) is 15.7. The van der Waals surface area contributed by atoms with Gasteiger partial charge in [0.1, 0.15) is 0 Å².